The molecule has 5 amide bonds. The summed E-state index contributed by atoms with van der Waals surface area (Å²) in [5, 5.41) is 18.7. The highest BCUT2D eigenvalue weighted by Crippen LogP contribution is 2.40. The number of hydrogen-bond acceptors (Lipinski definition) is 10. The van der Waals surface area contributed by atoms with Crippen molar-refractivity contribution in [2.45, 2.75) is 178 Å². The average Bonchev–Trinajstić information content (AvgIpc) is 4.26. The van der Waals surface area contributed by atoms with Gasteiger partial charge in [-0.3, -0.25) is 28.8 Å². The van der Waals surface area contributed by atoms with Crippen molar-refractivity contribution < 1.29 is 38.2 Å². The van der Waals surface area contributed by atoms with Crippen LogP contribution in [-0.4, -0.2) is 116 Å². The number of benzene rings is 2. The van der Waals surface area contributed by atoms with E-state index in [0.717, 1.165) is 92.9 Å². The van der Waals surface area contributed by atoms with E-state index in [4.69, 9.17) is 9.47 Å². The summed E-state index contributed by atoms with van der Waals surface area (Å²) in [5.41, 5.74) is 4.14. The topological polar surface area (TPSA) is 196 Å². The van der Waals surface area contributed by atoms with Gasteiger partial charge in [0.05, 0.1) is 42.4 Å². The minimum Gasteiger partial charge on any atom is -0.363 e. The molecule has 398 valence electrons. The molecule has 15 heteroatoms. The van der Waals surface area contributed by atoms with Crippen LogP contribution < -0.4 is 31.9 Å². The van der Waals surface area contributed by atoms with Gasteiger partial charge in [-0.05, 0) is 125 Å². The Kier molecular flexibility index (Phi) is 19.4. The molecule has 6 aliphatic rings. The van der Waals surface area contributed by atoms with Crippen LogP contribution in [0.25, 0.3) is 0 Å². The Morgan fingerprint density at radius 3 is 1.61 bits per heavy atom. The van der Waals surface area contributed by atoms with Crippen LogP contribution >= 0.6 is 0 Å². The standard InChI is InChI=1S/C59H79N7O8/c1-37(60-3)55(68)62-50(39-21-9-7-10-22-39)54(67)45-29-19-30-46(45)57(70)64-52-43-27-15-13-25-41(43)35-48(52)73-33-17-5-6-18-34-74-49-36-42-26-14-16-28-44(42)53(49)65-58(71)47-31-20-32-66(47)59(72)51(40-23-11-8-12-24-40)63-56(69)38(2)61-4/h13-16,25-28,37-40,45-53,60-61H,7-12,19-24,29-36H2,1-4H3,(H,62,68)(H,63,69)(H,64,70)(H,65,71)/t37-,38-,45?,46+,47-,48+,49+,50-,51-,52-,53-/m0/s1. The number of amides is 5. The Balaban J connectivity index is 0.858. The summed E-state index contributed by atoms with van der Waals surface area (Å²) >= 11 is 0. The highest BCUT2D eigenvalue weighted by molar-refractivity contribution is 5.96. The molecule has 1 unspecified atom stereocenters. The molecule has 8 rings (SSSR count). The number of nitrogens with zero attached hydrogens (tertiary/aromatic N) is 1. The molecule has 15 nitrogen and oxygen atoms in total. The third-order valence-corrected chi connectivity index (χ3v) is 17.1. The Hall–Kier alpha value is -5.58. The third kappa shape index (κ3) is 13.1. The number of Topliss-reactive ketones (excluding diaryl/α,β-unsaturated/α-hetero) is 1. The molecule has 74 heavy (non-hydrogen) atoms. The van der Waals surface area contributed by atoms with Crippen LogP contribution in [0.15, 0.2) is 48.5 Å². The van der Waals surface area contributed by atoms with Gasteiger partial charge in [0.25, 0.3) is 0 Å². The molecule has 0 radical (unpaired) electrons. The summed E-state index contributed by atoms with van der Waals surface area (Å²) in [6.07, 6.45) is 13.5. The predicted octanol–water partition coefficient (Wildman–Crippen LogP) is 4.91. The van der Waals surface area contributed by atoms with Crippen LogP contribution in [0.3, 0.4) is 0 Å². The number of likely N-dealkylation sites (tertiary alicyclic amines) is 1. The Bertz CT molecular complexity index is 2280. The largest absolute Gasteiger partial charge is 0.363 e. The van der Waals surface area contributed by atoms with Crippen molar-refractivity contribution >= 4 is 35.3 Å². The Morgan fingerprint density at radius 2 is 1.07 bits per heavy atom. The molecule has 2 aromatic rings. The zero-order chi connectivity index (χ0) is 52.1. The van der Waals surface area contributed by atoms with E-state index < -0.39 is 54.1 Å². The molecule has 0 aromatic heterocycles. The fraction of sp³-hybridized carbons (Fsp3) is 0.627. The molecule has 11 atom stereocenters. The summed E-state index contributed by atoms with van der Waals surface area (Å²) in [5.74, 6) is 9.94. The minimum absolute atomic E-state index is 0.0179. The average molecular weight is 1010 g/mol. The lowest BCUT2D eigenvalue weighted by Crippen LogP contribution is -2.58. The number of rotatable bonds is 19. The van der Waals surface area contributed by atoms with E-state index in [1.807, 2.05) is 48.5 Å². The van der Waals surface area contributed by atoms with Gasteiger partial charge in [0.1, 0.15) is 25.3 Å². The summed E-state index contributed by atoms with van der Waals surface area (Å²) in [6, 6.07) is 12.3. The van der Waals surface area contributed by atoms with Crippen molar-refractivity contribution in [2.24, 2.45) is 23.7 Å². The van der Waals surface area contributed by atoms with Gasteiger partial charge in [0.15, 0.2) is 5.78 Å². The van der Waals surface area contributed by atoms with E-state index in [1.165, 1.54) is 0 Å². The first kappa shape index (κ1) is 54.7. The molecule has 1 aliphatic heterocycles. The van der Waals surface area contributed by atoms with E-state index in [0.29, 0.717) is 45.1 Å². The molecule has 4 fully saturated rings. The third-order valence-electron chi connectivity index (χ3n) is 17.1. The first-order valence-corrected chi connectivity index (χ1v) is 27.7. The van der Waals surface area contributed by atoms with Crippen LogP contribution in [0.1, 0.15) is 144 Å². The highest BCUT2D eigenvalue weighted by Gasteiger charge is 2.46. The van der Waals surface area contributed by atoms with Crippen molar-refractivity contribution in [3.05, 3.63) is 70.8 Å². The van der Waals surface area contributed by atoms with E-state index in [-0.39, 0.29) is 72.6 Å². The second kappa shape index (κ2) is 26.3. The molecule has 5 aliphatic carbocycles. The van der Waals surface area contributed by atoms with Gasteiger partial charge in [-0.25, -0.2) is 0 Å². The smallest absolute Gasteiger partial charge is 0.246 e. The SMILES string of the molecule is CN[C@@H](C)C(=O)N[C@H](C(=O)C1CCC[C@H]1C(=O)N[C@H]1c2ccccc2C[C@H]1OCC#CC#CCO[C@@H]1Cc2ccccc2[C@@H]1NC(=O)[C@@H]1CCCN1C(=O)[C@@H](NC(=O)[C@H](C)NC)C1CCCCC1)C1CCCCC1. The van der Waals surface area contributed by atoms with Crippen molar-refractivity contribution in [3.63, 3.8) is 0 Å². The molecule has 1 saturated heterocycles. The maximum Gasteiger partial charge on any atom is 0.246 e. The number of carbonyl (C=O) groups is 6. The van der Waals surface area contributed by atoms with Gasteiger partial charge >= 0.3 is 0 Å². The molecule has 6 N–H and O–H groups in total. The van der Waals surface area contributed by atoms with Crippen molar-refractivity contribution in [3.8, 4) is 23.7 Å². The van der Waals surface area contributed by atoms with Gasteiger partial charge in [0, 0.05) is 31.2 Å². The molecular formula is C59H79N7O8. The van der Waals surface area contributed by atoms with Crippen molar-refractivity contribution in [1.82, 2.24) is 36.8 Å². The van der Waals surface area contributed by atoms with Crippen LogP contribution in [0.2, 0.25) is 0 Å². The molecule has 0 bridgehead atoms. The second-order valence-electron chi connectivity index (χ2n) is 21.6. The molecule has 1 heterocycles. The zero-order valence-corrected chi connectivity index (χ0v) is 44.0. The van der Waals surface area contributed by atoms with E-state index >= 15 is 0 Å². The normalized spacial score (nSPS) is 26.2. The first-order valence-electron chi connectivity index (χ1n) is 27.7. The van der Waals surface area contributed by atoms with E-state index in [1.54, 1.807) is 32.8 Å². The van der Waals surface area contributed by atoms with Crippen LogP contribution in [0, 0.1) is 47.4 Å². The lowest BCUT2D eigenvalue weighted by Gasteiger charge is -2.35. The van der Waals surface area contributed by atoms with Crippen LogP contribution in [-0.2, 0) is 51.1 Å². The predicted molar refractivity (Wildman–Crippen MR) is 282 cm³/mol. The number of likely N-dealkylation sites (N-methyl/N-ethyl adjacent to an activating group) is 2. The Morgan fingerprint density at radius 1 is 0.581 bits per heavy atom. The highest BCUT2D eigenvalue weighted by atomic mass is 16.5. The van der Waals surface area contributed by atoms with E-state index in [9.17, 15) is 28.8 Å². The van der Waals surface area contributed by atoms with Crippen molar-refractivity contribution in [2.75, 3.05) is 33.9 Å². The molecule has 2 aromatic carbocycles. The first-order chi connectivity index (χ1) is 36.0. The quantitative estimate of drug-likeness (QED) is 0.105. The lowest BCUT2D eigenvalue weighted by molar-refractivity contribution is -0.143. The van der Waals surface area contributed by atoms with Crippen LogP contribution in [0.5, 0.6) is 0 Å². The summed E-state index contributed by atoms with van der Waals surface area (Å²) in [4.78, 5) is 85.1. The summed E-state index contributed by atoms with van der Waals surface area (Å²) < 4.78 is 12.7. The second-order valence-corrected chi connectivity index (χ2v) is 21.6. The monoisotopic (exact) mass is 1010 g/mol. The number of ether oxygens (including phenoxy) is 2. The maximum atomic E-state index is 14.4. The van der Waals surface area contributed by atoms with Gasteiger partial charge in [-0.15, -0.1) is 0 Å². The van der Waals surface area contributed by atoms with Gasteiger partial charge in [-0.1, -0.05) is 105 Å². The summed E-state index contributed by atoms with van der Waals surface area (Å²) in [7, 11) is 3.45. The molecule has 3 saturated carbocycles. The fourth-order valence-corrected chi connectivity index (χ4v) is 12.6. The Labute approximate surface area is 438 Å². The van der Waals surface area contributed by atoms with Gasteiger partial charge in [-0.2, -0.15) is 0 Å². The molecule has 0 spiro atoms. The van der Waals surface area contributed by atoms with Crippen LogP contribution in [0.4, 0.5) is 0 Å². The molecular weight excluding hydrogens is 935 g/mol. The number of carbonyl (C=O) groups excluding carboxylic acids is 6. The number of nitrogens with one attached hydrogen (secondary N) is 6. The van der Waals surface area contributed by atoms with Gasteiger partial charge < -0.3 is 46.3 Å². The number of fused-ring (bicyclic) bond motifs is 2. The van der Waals surface area contributed by atoms with Gasteiger partial charge in [0.2, 0.25) is 29.5 Å². The number of ketones is 1. The lowest BCUT2D eigenvalue weighted by atomic mass is 9.77. The van der Waals surface area contributed by atoms with E-state index in [2.05, 4.69) is 55.6 Å². The zero-order valence-electron chi connectivity index (χ0n) is 44.0. The maximum absolute atomic E-state index is 14.4. The number of hydrogen-bond donors (Lipinski definition) is 6. The van der Waals surface area contributed by atoms with Crippen molar-refractivity contribution in [1.29, 1.82) is 0 Å². The fourth-order valence-electron chi connectivity index (χ4n) is 12.6. The minimum atomic E-state index is -0.678. The summed E-state index contributed by atoms with van der Waals surface area (Å²) in [6.45, 7) is 4.19.